The van der Waals surface area contributed by atoms with Crippen molar-refractivity contribution in [2.75, 3.05) is 0 Å². The van der Waals surface area contributed by atoms with E-state index in [0.29, 0.717) is 17.9 Å². The number of halogens is 3. The van der Waals surface area contributed by atoms with Crippen LogP contribution in [0.4, 0.5) is 8.78 Å². The lowest BCUT2D eigenvalue weighted by molar-refractivity contribution is 0.507. The van der Waals surface area contributed by atoms with Crippen molar-refractivity contribution in [1.82, 2.24) is 0 Å². The zero-order valence-corrected chi connectivity index (χ0v) is 12.3. The summed E-state index contributed by atoms with van der Waals surface area (Å²) >= 11 is 6.35. The van der Waals surface area contributed by atoms with Gasteiger partial charge in [0.2, 0.25) is 0 Å². The van der Waals surface area contributed by atoms with Crippen LogP contribution < -0.4 is 0 Å². The minimum atomic E-state index is -0.832. The Morgan fingerprint density at radius 1 is 0.900 bits per heavy atom. The lowest BCUT2D eigenvalue weighted by Crippen LogP contribution is -1.98. The molecule has 0 nitrogen and oxygen atoms in total. The van der Waals surface area contributed by atoms with Gasteiger partial charge in [-0.1, -0.05) is 44.2 Å². The Balaban J connectivity index is 2.10. The molecule has 0 saturated heterocycles. The molecular weight excluding hydrogens is 278 g/mol. The van der Waals surface area contributed by atoms with Gasteiger partial charge in [-0.25, -0.2) is 8.78 Å². The molecule has 0 aliphatic heterocycles. The van der Waals surface area contributed by atoms with Crippen LogP contribution >= 0.6 is 11.6 Å². The summed E-state index contributed by atoms with van der Waals surface area (Å²) in [5.41, 5.74) is 2.93. The Kier molecular flexibility index (Phi) is 4.77. The van der Waals surface area contributed by atoms with Gasteiger partial charge in [-0.3, -0.25) is 0 Å². The van der Waals surface area contributed by atoms with Crippen molar-refractivity contribution in [1.29, 1.82) is 0 Å². The minimum absolute atomic E-state index is 0.249. The zero-order valence-electron chi connectivity index (χ0n) is 11.5. The number of benzene rings is 2. The van der Waals surface area contributed by atoms with Gasteiger partial charge in [-0.2, -0.15) is 0 Å². The molecule has 1 atom stereocenters. The van der Waals surface area contributed by atoms with Crippen LogP contribution in [0.2, 0.25) is 0 Å². The predicted octanol–water partition coefficient (Wildman–Crippen LogP) is 5.61. The lowest BCUT2D eigenvalue weighted by atomic mass is 9.98. The van der Waals surface area contributed by atoms with Gasteiger partial charge in [0.05, 0.1) is 5.38 Å². The van der Waals surface area contributed by atoms with Crippen molar-refractivity contribution in [2.24, 2.45) is 0 Å². The van der Waals surface area contributed by atoms with Gasteiger partial charge in [0.1, 0.15) is 0 Å². The first-order valence-electron chi connectivity index (χ1n) is 6.65. The highest BCUT2D eigenvalue weighted by atomic mass is 35.5. The summed E-state index contributed by atoms with van der Waals surface area (Å²) in [6, 6.07) is 12.0. The van der Waals surface area contributed by atoms with E-state index in [-0.39, 0.29) is 5.38 Å². The highest BCUT2D eigenvalue weighted by Gasteiger charge is 2.11. The van der Waals surface area contributed by atoms with Crippen LogP contribution in [0, 0.1) is 11.6 Å². The first-order chi connectivity index (χ1) is 9.47. The van der Waals surface area contributed by atoms with Crippen LogP contribution in [0.15, 0.2) is 42.5 Å². The molecule has 0 aliphatic carbocycles. The van der Waals surface area contributed by atoms with Crippen molar-refractivity contribution in [3.63, 3.8) is 0 Å². The summed E-state index contributed by atoms with van der Waals surface area (Å²) < 4.78 is 26.0. The van der Waals surface area contributed by atoms with E-state index in [4.69, 9.17) is 11.6 Å². The molecule has 20 heavy (non-hydrogen) atoms. The third-order valence-electron chi connectivity index (χ3n) is 3.36. The first kappa shape index (κ1) is 15.0. The highest BCUT2D eigenvalue weighted by Crippen LogP contribution is 2.27. The minimum Gasteiger partial charge on any atom is -0.204 e. The van der Waals surface area contributed by atoms with Crippen LogP contribution in [0.1, 0.15) is 41.8 Å². The molecule has 1 unspecified atom stereocenters. The van der Waals surface area contributed by atoms with Gasteiger partial charge in [0.15, 0.2) is 11.6 Å². The fraction of sp³-hybridized carbons (Fsp3) is 0.294. The van der Waals surface area contributed by atoms with E-state index in [1.165, 1.54) is 11.6 Å². The fourth-order valence-corrected chi connectivity index (χ4v) is 2.40. The van der Waals surface area contributed by atoms with Crippen LogP contribution in [-0.2, 0) is 6.42 Å². The summed E-state index contributed by atoms with van der Waals surface area (Å²) in [4.78, 5) is 0. The van der Waals surface area contributed by atoms with E-state index in [1.54, 1.807) is 6.07 Å². The summed E-state index contributed by atoms with van der Waals surface area (Å²) in [5.74, 6) is -1.19. The molecule has 0 aromatic heterocycles. The van der Waals surface area contributed by atoms with Crippen LogP contribution in [-0.4, -0.2) is 0 Å². The molecule has 0 saturated carbocycles. The third kappa shape index (κ3) is 3.57. The van der Waals surface area contributed by atoms with Crippen LogP contribution in [0.5, 0.6) is 0 Å². The summed E-state index contributed by atoms with van der Waals surface area (Å²) in [6.45, 7) is 4.27. The smallest absolute Gasteiger partial charge is 0.159 e. The van der Waals surface area contributed by atoms with Gasteiger partial charge < -0.3 is 0 Å². The Bertz CT molecular complexity index is 576. The van der Waals surface area contributed by atoms with Crippen molar-refractivity contribution < 1.29 is 8.78 Å². The van der Waals surface area contributed by atoms with Gasteiger partial charge in [0.25, 0.3) is 0 Å². The monoisotopic (exact) mass is 294 g/mol. The van der Waals surface area contributed by atoms with Crippen LogP contribution in [0.25, 0.3) is 0 Å². The molecule has 0 aliphatic rings. The summed E-state index contributed by atoms with van der Waals surface area (Å²) in [6.07, 6.45) is 0.472. The molecule has 0 bridgehead atoms. The molecule has 0 radical (unpaired) electrons. The molecule has 2 rings (SSSR count). The van der Waals surface area contributed by atoms with E-state index < -0.39 is 11.6 Å². The number of hydrogen-bond acceptors (Lipinski definition) is 0. The van der Waals surface area contributed by atoms with Crippen molar-refractivity contribution in [3.8, 4) is 0 Å². The third-order valence-corrected chi connectivity index (χ3v) is 3.77. The molecule has 0 N–H and O–H groups in total. The number of hydrogen-bond donors (Lipinski definition) is 0. The van der Waals surface area contributed by atoms with Gasteiger partial charge >= 0.3 is 0 Å². The maximum atomic E-state index is 13.2. The van der Waals surface area contributed by atoms with Gasteiger partial charge in [-0.05, 0) is 41.2 Å². The highest BCUT2D eigenvalue weighted by molar-refractivity contribution is 6.20. The van der Waals surface area contributed by atoms with Gasteiger partial charge in [-0.15, -0.1) is 11.6 Å². The molecule has 3 heteroatoms. The second-order valence-corrected chi connectivity index (χ2v) is 5.77. The Morgan fingerprint density at radius 3 is 2.05 bits per heavy atom. The molecule has 106 valence electrons. The average Bonchev–Trinajstić information content (AvgIpc) is 2.43. The van der Waals surface area contributed by atoms with E-state index in [9.17, 15) is 8.78 Å². The average molecular weight is 295 g/mol. The Morgan fingerprint density at radius 2 is 1.50 bits per heavy atom. The molecule has 2 aromatic carbocycles. The SMILES string of the molecule is CC(C)c1ccc(C(Cl)Cc2ccc(F)c(F)c2)cc1. The molecular formula is C17H17ClF2. The normalized spacial score (nSPS) is 12.7. The molecule has 0 spiro atoms. The van der Waals surface area contributed by atoms with Gasteiger partial charge in [0, 0.05) is 0 Å². The van der Waals surface area contributed by atoms with E-state index in [0.717, 1.165) is 11.6 Å². The summed E-state index contributed by atoms with van der Waals surface area (Å²) in [5, 5.41) is -0.249. The van der Waals surface area contributed by atoms with Crippen molar-refractivity contribution >= 4 is 11.6 Å². The zero-order chi connectivity index (χ0) is 14.7. The maximum absolute atomic E-state index is 13.2. The number of alkyl halides is 1. The second-order valence-electron chi connectivity index (χ2n) is 5.24. The second kappa shape index (κ2) is 6.36. The Labute approximate surface area is 123 Å². The number of rotatable bonds is 4. The summed E-state index contributed by atoms with van der Waals surface area (Å²) in [7, 11) is 0. The molecule has 0 amide bonds. The molecule has 2 aromatic rings. The first-order valence-corrected chi connectivity index (χ1v) is 7.09. The van der Waals surface area contributed by atoms with Crippen LogP contribution in [0.3, 0.4) is 0 Å². The van der Waals surface area contributed by atoms with E-state index in [2.05, 4.69) is 26.0 Å². The lowest BCUT2D eigenvalue weighted by Gasteiger charge is -2.12. The molecule has 0 fully saturated rings. The van der Waals surface area contributed by atoms with E-state index in [1.807, 2.05) is 12.1 Å². The Hall–Kier alpha value is -1.41. The van der Waals surface area contributed by atoms with Crippen molar-refractivity contribution in [2.45, 2.75) is 31.6 Å². The largest absolute Gasteiger partial charge is 0.204 e. The standard InChI is InChI=1S/C17H17ClF2/c1-11(2)13-4-6-14(7-5-13)15(18)9-12-3-8-16(19)17(20)10-12/h3-8,10-11,15H,9H2,1-2H3. The molecule has 0 heterocycles. The van der Waals surface area contributed by atoms with Crippen molar-refractivity contribution in [3.05, 3.63) is 70.8 Å². The van der Waals surface area contributed by atoms with E-state index >= 15 is 0 Å². The fourth-order valence-electron chi connectivity index (χ4n) is 2.08. The maximum Gasteiger partial charge on any atom is 0.159 e. The predicted molar refractivity (Wildman–Crippen MR) is 79.2 cm³/mol. The quantitative estimate of drug-likeness (QED) is 0.643. The topological polar surface area (TPSA) is 0 Å².